The molecule has 1 aliphatic rings. The van der Waals surface area contributed by atoms with Crippen molar-refractivity contribution < 1.29 is 4.74 Å². The van der Waals surface area contributed by atoms with Gasteiger partial charge in [0.15, 0.2) is 0 Å². The minimum atomic E-state index is 0.0626. The van der Waals surface area contributed by atoms with E-state index in [0.29, 0.717) is 11.8 Å². The van der Waals surface area contributed by atoms with E-state index in [2.05, 4.69) is 46.8 Å². The molecule has 0 aromatic heterocycles. The van der Waals surface area contributed by atoms with Gasteiger partial charge in [0.2, 0.25) is 0 Å². The van der Waals surface area contributed by atoms with Gasteiger partial charge in [0, 0.05) is 11.5 Å². The summed E-state index contributed by atoms with van der Waals surface area (Å²) in [4.78, 5) is 0. The minimum absolute atomic E-state index is 0.0626. The Balaban J connectivity index is 2.58. The lowest BCUT2D eigenvalue weighted by atomic mass is 9.61. The van der Waals surface area contributed by atoms with Crippen LogP contribution < -0.4 is 10.5 Å². The van der Waals surface area contributed by atoms with Gasteiger partial charge in [0.25, 0.3) is 0 Å². The fraction of sp³-hybridized carbons (Fsp3) is 0.714. The number of hydrogen-bond acceptors (Lipinski definition) is 2. The van der Waals surface area contributed by atoms with Crippen LogP contribution in [0.25, 0.3) is 0 Å². The molecule has 1 aromatic rings. The molecule has 0 spiro atoms. The van der Waals surface area contributed by atoms with E-state index >= 15 is 0 Å². The molecule has 0 radical (unpaired) electrons. The van der Waals surface area contributed by atoms with Crippen LogP contribution in [0.5, 0.6) is 5.75 Å². The molecule has 2 heteroatoms. The van der Waals surface area contributed by atoms with E-state index < -0.39 is 0 Å². The third-order valence-corrected chi connectivity index (χ3v) is 5.99. The van der Waals surface area contributed by atoms with E-state index in [-0.39, 0.29) is 11.5 Å². The van der Waals surface area contributed by atoms with Gasteiger partial charge >= 0.3 is 0 Å². The molecule has 0 saturated carbocycles. The maximum absolute atomic E-state index is 6.77. The predicted octanol–water partition coefficient (Wildman–Crippen LogP) is 5.18. The van der Waals surface area contributed by atoms with Gasteiger partial charge < -0.3 is 10.5 Å². The van der Waals surface area contributed by atoms with E-state index in [9.17, 15) is 0 Å². The molecule has 23 heavy (non-hydrogen) atoms. The van der Waals surface area contributed by atoms with Crippen molar-refractivity contribution in [1.29, 1.82) is 0 Å². The van der Waals surface area contributed by atoms with Crippen LogP contribution in [0.15, 0.2) is 12.1 Å². The SMILES string of the molecule is CCCCC1(C)c2cc(OC)c(C(C)C)cc2CC(CC)C1N. The summed E-state index contributed by atoms with van der Waals surface area (Å²) in [7, 11) is 1.79. The molecule has 2 N–H and O–H groups in total. The first-order valence-electron chi connectivity index (χ1n) is 9.35. The van der Waals surface area contributed by atoms with E-state index in [0.717, 1.165) is 18.6 Å². The number of methoxy groups -OCH3 is 1. The van der Waals surface area contributed by atoms with Crippen molar-refractivity contribution in [2.45, 2.75) is 84.1 Å². The minimum Gasteiger partial charge on any atom is -0.496 e. The number of fused-ring (bicyclic) bond motifs is 1. The Morgan fingerprint density at radius 1 is 1.30 bits per heavy atom. The van der Waals surface area contributed by atoms with Crippen LogP contribution in [0.3, 0.4) is 0 Å². The highest BCUT2D eigenvalue weighted by Gasteiger charge is 2.43. The van der Waals surface area contributed by atoms with Crippen LogP contribution >= 0.6 is 0 Å². The zero-order valence-corrected chi connectivity index (χ0v) is 15.9. The van der Waals surface area contributed by atoms with Crippen LogP contribution in [0, 0.1) is 5.92 Å². The van der Waals surface area contributed by atoms with Gasteiger partial charge in [-0.25, -0.2) is 0 Å². The topological polar surface area (TPSA) is 35.2 Å². The maximum atomic E-state index is 6.77. The van der Waals surface area contributed by atoms with Crippen molar-refractivity contribution in [3.63, 3.8) is 0 Å². The molecule has 0 heterocycles. The molecule has 2 nitrogen and oxygen atoms in total. The number of ether oxygens (including phenoxy) is 1. The second-order valence-corrected chi connectivity index (χ2v) is 7.83. The highest BCUT2D eigenvalue weighted by Crippen LogP contribution is 2.46. The molecular formula is C21H35NO. The Bertz CT molecular complexity index is 537. The van der Waals surface area contributed by atoms with Crippen LogP contribution in [0.4, 0.5) is 0 Å². The molecule has 3 atom stereocenters. The first-order valence-corrected chi connectivity index (χ1v) is 9.35. The van der Waals surface area contributed by atoms with Crippen molar-refractivity contribution in [1.82, 2.24) is 0 Å². The predicted molar refractivity (Wildman–Crippen MR) is 99.4 cm³/mol. The van der Waals surface area contributed by atoms with Gasteiger partial charge in [0.05, 0.1) is 7.11 Å². The van der Waals surface area contributed by atoms with Gasteiger partial charge in [-0.1, -0.05) is 59.9 Å². The van der Waals surface area contributed by atoms with Gasteiger partial charge in [-0.3, -0.25) is 0 Å². The van der Waals surface area contributed by atoms with Gasteiger partial charge in [-0.15, -0.1) is 0 Å². The Morgan fingerprint density at radius 2 is 2.00 bits per heavy atom. The summed E-state index contributed by atoms with van der Waals surface area (Å²) < 4.78 is 5.72. The van der Waals surface area contributed by atoms with E-state index in [1.54, 1.807) is 7.11 Å². The van der Waals surface area contributed by atoms with Crippen LogP contribution in [0.2, 0.25) is 0 Å². The summed E-state index contributed by atoms with van der Waals surface area (Å²) in [5.41, 5.74) is 11.1. The van der Waals surface area contributed by atoms with Crippen molar-refractivity contribution in [3.8, 4) is 5.75 Å². The quantitative estimate of drug-likeness (QED) is 0.785. The zero-order valence-electron chi connectivity index (χ0n) is 15.9. The fourth-order valence-electron chi connectivity index (χ4n) is 4.33. The number of hydrogen-bond donors (Lipinski definition) is 1. The van der Waals surface area contributed by atoms with Crippen molar-refractivity contribution >= 4 is 0 Å². The first-order chi connectivity index (χ1) is 10.9. The number of rotatable bonds is 6. The molecular weight excluding hydrogens is 282 g/mol. The van der Waals surface area contributed by atoms with Crippen LogP contribution in [0.1, 0.15) is 82.9 Å². The Labute approximate surface area is 142 Å². The molecule has 1 aliphatic carbocycles. The molecule has 0 amide bonds. The van der Waals surface area contributed by atoms with E-state index in [1.807, 2.05) is 0 Å². The summed E-state index contributed by atoms with van der Waals surface area (Å²) in [6.45, 7) is 11.4. The monoisotopic (exact) mass is 317 g/mol. The normalized spacial score (nSPS) is 27.1. The van der Waals surface area contributed by atoms with Crippen LogP contribution in [-0.2, 0) is 11.8 Å². The lowest BCUT2D eigenvalue weighted by Gasteiger charge is -2.46. The summed E-state index contributed by atoms with van der Waals surface area (Å²) in [6.07, 6.45) is 5.88. The molecule has 0 saturated heterocycles. The summed E-state index contributed by atoms with van der Waals surface area (Å²) in [6, 6.07) is 4.94. The van der Waals surface area contributed by atoms with E-state index in [4.69, 9.17) is 10.5 Å². The summed E-state index contributed by atoms with van der Waals surface area (Å²) in [5, 5.41) is 0. The summed E-state index contributed by atoms with van der Waals surface area (Å²) in [5.74, 6) is 2.09. The second-order valence-electron chi connectivity index (χ2n) is 7.83. The highest BCUT2D eigenvalue weighted by atomic mass is 16.5. The molecule has 3 unspecified atom stereocenters. The van der Waals surface area contributed by atoms with Gasteiger partial charge in [-0.2, -0.15) is 0 Å². The fourth-order valence-corrected chi connectivity index (χ4v) is 4.33. The van der Waals surface area contributed by atoms with Gasteiger partial charge in [0.1, 0.15) is 5.75 Å². The second kappa shape index (κ2) is 7.25. The average Bonchev–Trinajstić information content (AvgIpc) is 2.55. The number of benzene rings is 1. The Morgan fingerprint density at radius 3 is 2.52 bits per heavy atom. The van der Waals surface area contributed by atoms with Gasteiger partial charge in [-0.05, 0) is 47.4 Å². The third kappa shape index (κ3) is 3.28. The molecule has 0 aliphatic heterocycles. The number of nitrogens with two attached hydrogens (primary N) is 1. The lowest BCUT2D eigenvalue weighted by Crippen LogP contribution is -2.52. The van der Waals surface area contributed by atoms with E-state index in [1.165, 1.54) is 36.0 Å². The third-order valence-electron chi connectivity index (χ3n) is 5.99. The van der Waals surface area contributed by atoms with Crippen molar-refractivity contribution in [3.05, 3.63) is 28.8 Å². The standard InChI is InChI=1S/C21H35NO/c1-7-9-10-21(5)18-13-19(23-6)17(14(3)4)12-16(18)11-15(8-2)20(21)22/h12-15,20H,7-11,22H2,1-6H3. The Kier molecular flexibility index (Phi) is 5.78. The van der Waals surface area contributed by atoms with Crippen LogP contribution in [-0.4, -0.2) is 13.2 Å². The zero-order chi connectivity index (χ0) is 17.2. The summed E-state index contributed by atoms with van der Waals surface area (Å²) >= 11 is 0. The lowest BCUT2D eigenvalue weighted by molar-refractivity contribution is 0.227. The smallest absolute Gasteiger partial charge is 0.122 e. The highest BCUT2D eigenvalue weighted by molar-refractivity contribution is 5.49. The Hall–Kier alpha value is -1.02. The molecule has 0 bridgehead atoms. The molecule has 1 aromatic carbocycles. The molecule has 2 rings (SSSR count). The van der Waals surface area contributed by atoms with Crippen molar-refractivity contribution in [2.24, 2.45) is 11.7 Å². The molecule has 130 valence electrons. The number of unbranched alkanes of at least 4 members (excludes halogenated alkanes) is 1. The first kappa shape index (κ1) is 18.3. The average molecular weight is 318 g/mol. The maximum Gasteiger partial charge on any atom is 0.122 e. The van der Waals surface area contributed by atoms with Crippen molar-refractivity contribution in [2.75, 3.05) is 7.11 Å². The largest absolute Gasteiger partial charge is 0.496 e. The molecule has 0 fully saturated rings.